The van der Waals surface area contributed by atoms with Gasteiger partial charge in [0, 0.05) is 24.2 Å². The summed E-state index contributed by atoms with van der Waals surface area (Å²) in [5.41, 5.74) is 1.71. The van der Waals surface area contributed by atoms with Crippen LogP contribution >= 0.6 is 0 Å². The summed E-state index contributed by atoms with van der Waals surface area (Å²) in [5, 5.41) is 14.4. The van der Waals surface area contributed by atoms with Crippen LogP contribution in [0, 0.1) is 17.7 Å². The van der Waals surface area contributed by atoms with Crippen molar-refractivity contribution in [1.29, 1.82) is 0 Å². The molecule has 2 aliphatic rings. The highest BCUT2D eigenvalue weighted by molar-refractivity contribution is 5.82. The number of halogens is 1. The lowest BCUT2D eigenvalue weighted by Gasteiger charge is -2.21. The first-order valence-corrected chi connectivity index (χ1v) is 9.44. The third kappa shape index (κ3) is 3.21. The summed E-state index contributed by atoms with van der Waals surface area (Å²) in [6.45, 7) is 4.03. The average molecular weight is 367 g/mol. The van der Waals surface area contributed by atoms with E-state index in [1.807, 2.05) is 18.2 Å². The fourth-order valence-corrected chi connectivity index (χ4v) is 4.17. The Labute approximate surface area is 156 Å². The van der Waals surface area contributed by atoms with Crippen molar-refractivity contribution in [1.82, 2.24) is 25.5 Å². The molecule has 5 rings (SSSR count). The number of benzene rings is 1. The average Bonchev–Trinajstić information content (AvgIpc) is 3.28. The van der Waals surface area contributed by atoms with Crippen molar-refractivity contribution in [2.24, 2.45) is 11.8 Å². The molecule has 3 N–H and O–H groups in total. The van der Waals surface area contributed by atoms with Gasteiger partial charge in [0.25, 0.3) is 0 Å². The molecular weight excluding hydrogens is 345 g/mol. The summed E-state index contributed by atoms with van der Waals surface area (Å²) in [7, 11) is 0. The van der Waals surface area contributed by atoms with Crippen LogP contribution in [0.25, 0.3) is 10.9 Å². The predicted molar refractivity (Wildman–Crippen MR) is 103 cm³/mol. The minimum absolute atomic E-state index is 0.203. The van der Waals surface area contributed by atoms with Crippen molar-refractivity contribution >= 4 is 28.4 Å². The maximum Gasteiger partial charge on any atom is 0.227 e. The number of hydrogen-bond donors (Lipinski definition) is 3. The Morgan fingerprint density at radius 2 is 1.93 bits per heavy atom. The van der Waals surface area contributed by atoms with E-state index in [2.05, 4.69) is 35.7 Å². The molecule has 2 fully saturated rings. The summed E-state index contributed by atoms with van der Waals surface area (Å²) in [4.78, 5) is 10.9. The molecule has 0 aliphatic carbocycles. The van der Waals surface area contributed by atoms with Gasteiger partial charge in [-0.2, -0.15) is 10.1 Å². The molecule has 1 aromatic carbocycles. The van der Waals surface area contributed by atoms with E-state index in [1.54, 1.807) is 6.20 Å². The van der Waals surface area contributed by atoms with Gasteiger partial charge in [-0.05, 0) is 56.0 Å². The summed E-state index contributed by atoms with van der Waals surface area (Å²) in [6.07, 6.45) is 5.25. The normalized spacial score (nSPS) is 22.6. The molecule has 2 atom stereocenters. The van der Waals surface area contributed by atoms with Gasteiger partial charge >= 0.3 is 0 Å². The number of aromatic nitrogens is 4. The monoisotopic (exact) mass is 367 g/mol. The van der Waals surface area contributed by atoms with Crippen molar-refractivity contribution in [3.63, 3.8) is 0 Å². The van der Waals surface area contributed by atoms with Crippen LogP contribution in [0.5, 0.6) is 0 Å². The first-order valence-electron chi connectivity index (χ1n) is 9.44. The Morgan fingerprint density at radius 3 is 2.74 bits per heavy atom. The molecule has 0 bridgehead atoms. The molecule has 0 saturated carbocycles. The molecule has 0 amide bonds. The molecule has 27 heavy (non-hydrogen) atoms. The summed E-state index contributed by atoms with van der Waals surface area (Å²) in [5.74, 6) is 1.80. The lowest BCUT2D eigenvalue weighted by Crippen LogP contribution is -2.27. The molecule has 2 aliphatic heterocycles. The van der Waals surface area contributed by atoms with Crippen molar-refractivity contribution in [3.8, 4) is 0 Å². The number of hydrogen-bond acceptors (Lipinski definition) is 6. The van der Waals surface area contributed by atoms with Crippen molar-refractivity contribution in [2.45, 2.75) is 12.8 Å². The highest BCUT2D eigenvalue weighted by Gasteiger charge is 2.30. The Kier molecular flexibility index (Phi) is 4.12. The van der Waals surface area contributed by atoms with Gasteiger partial charge in [-0.15, -0.1) is 0 Å². The third-order valence-corrected chi connectivity index (χ3v) is 5.74. The molecule has 2 unspecified atom stereocenters. The zero-order valence-electron chi connectivity index (χ0n) is 15.0. The minimum Gasteiger partial charge on any atom is -0.341 e. The smallest absolute Gasteiger partial charge is 0.227 e. The molecule has 140 valence electrons. The van der Waals surface area contributed by atoms with Gasteiger partial charge in [0.15, 0.2) is 11.6 Å². The van der Waals surface area contributed by atoms with E-state index < -0.39 is 5.82 Å². The molecule has 4 heterocycles. The Balaban J connectivity index is 1.37. The number of rotatable bonds is 3. The zero-order valence-corrected chi connectivity index (χ0v) is 15.0. The third-order valence-electron chi connectivity index (χ3n) is 5.74. The molecule has 0 radical (unpaired) electrons. The molecule has 2 aromatic heterocycles. The van der Waals surface area contributed by atoms with E-state index in [4.69, 9.17) is 0 Å². The molecule has 3 aromatic rings. The molecule has 2 saturated heterocycles. The van der Waals surface area contributed by atoms with Crippen LogP contribution in [0.3, 0.4) is 0 Å². The van der Waals surface area contributed by atoms with E-state index >= 15 is 0 Å². The highest BCUT2D eigenvalue weighted by Crippen LogP contribution is 2.29. The number of H-pyrrole nitrogens is 1. The maximum absolute atomic E-state index is 14.3. The molecule has 0 spiro atoms. The van der Waals surface area contributed by atoms with Crippen LogP contribution in [0.4, 0.5) is 21.8 Å². The van der Waals surface area contributed by atoms with Crippen LogP contribution in [0.1, 0.15) is 12.8 Å². The fourth-order valence-electron chi connectivity index (χ4n) is 4.17. The van der Waals surface area contributed by atoms with Gasteiger partial charge in [-0.3, -0.25) is 5.10 Å². The molecular formula is C19H22FN7. The second-order valence-corrected chi connectivity index (χ2v) is 7.41. The maximum atomic E-state index is 14.3. The van der Waals surface area contributed by atoms with Crippen LogP contribution in [0.15, 0.2) is 30.6 Å². The molecule has 8 heteroatoms. The van der Waals surface area contributed by atoms with Crippen molar-refractivity contribution in [2.75, 3.05) is 36.4 Å². The number of nitrogens with zero attached hydrogens (tertiary/aromatic N) is 4. The Hall–Kier alpha value is -2.74. The van der Waals surface area contributed by atoms with E-state index in [0.717, 1.165) is 67.4 Å². The second kappa shape index (κ2) is 6.77. The van der Waals surface area contributed by atoms with Crippen LogP contribution in [-0.2, 0) is 0 Å². The first-order chi connectivity index (χ1) is 13.3. The highest BCUT2D eigenvalue weighted by atomic mass is 19.1. The van der Waals surface area contributed by atoms with E-state index in [0.29, 0.717) is 5.95 Å². The van der Waals surface area contributed by atoms with E-state index in [9.17, 15) is 4.39 Å². The zero-order chi connectivity index (χ0) is 18.2. The number of nitrogens with one attached hydrogen (secondary N) is 3. The van der Waals surface area contributed by atoms with Gasteiger partial charge in [0.05, 0.1) is 17.9 Å². The number of fused-ring (bicyclic) bond motifs is 2. The van der Waals surface area contributed by atoms with Crippen LogP contribution < -0.4 is 15.5 Å². The lowest BCUT2D eigenvalue weighted by molar-refractivity contribution is 0.409. The van der Waals surface area contributed by atoms with Crippen LogP contribution in [0.2, 0.25) is 0 Å². The standard InChI is InChI=1S/C19H22FN7/c20-16-11-22-19(27-5-3-12-8-21-9-13(12)4-6-27)25-18(16)24-15-1-2-17-14(7-15)10-23-26-17/h1-2,7,10-13,21H,3-6,8-9H2,(H,23,26)(H,22,24,25). The van der Waals surface area contributed by atoms with E-state index in [1.165, 1.54) is 6.20 Å². The fraction of sp³-hybridized carbons (Fsp3) is 0.421. The summed E-state index contributed by atoms with van der Waals surface area (Å²) < 4.78 is 14.3. The van der Waals surface area contributed by atoms with Crippen LogP contribution in [-0.4, -0.2) is 46.3 Å². The van der Waals surface area contributed by atoms with Gasteiger partial charge in [0.1, 0.15) is 0 Å². The number of anilines is 3. The second-order valence-electron chi connectivity index (χ2n) is 7.41. The van der Waals surface area contributed by atoms with Gasteiger partial charge in [-0.25, -0.2) is 9.37 Å². The largest absolute Gasteiger partial charge is 0.341 e. The van der Waals surface area contributed by atoms with Crippen molar-refractivity contribution in [3.05, 3.63) is 36.4 Å². The topological polar surface area (TPSA) is 81.8 Å². The Bertz CT molecular complexity index is 942. The Morgan fingerprint density at radius 1 is 1.11 bits per heavy atom. The van der Waals surface area contributed by atoms with E-state index in [-0.39, 0.29) is 5.82 Å². The lowest BCUT2D eigenvalue weighted by atomic mass is 9.92. The predicted octanol–water partition coefficient (Wildman–Crippen LogP) is 2.67. The van der Waals surface area contributed by atoms with Gasteiger partial charge in [0.2, 0.25) is 5.95 Å². The summed E-state index contributed by atoms with van der Waals surface area (Å²) >= 11 is 0. The van der Waals surface area contributed by atoms with Crippen molar-refractivity contribution < 1.29 is 4.39 Å². The van der Waals surface area contributed by atoms with Gasteiger partial charge in [-0.1, -0.05) is 0 Å². The SMILES string of the molecule is Fc1cnc(N2CCC3CNCC3CC2)nc1Nc1ccc2[nH]ncc2c1. The molecule has 7 nitrogen and oxygen atoms in total. The number of aromatic amines is 1. The summed E-state index contributed by atoms with van der Waals surface area (Å²) in [6, 6.07) is 5.70. The quantitative estimate of drug-likeness (QED) is 0.660. The first kappa shape index (κ1) is 16.4. The minimum atomic E-state index is -0.457. The van der Waals surface area contributed by atoms with Gasteiger partial charge < -0.3 is 15.5 Å².